The molecule has 0 aliphatic carbocycles. The van der Waals surface area contributed by atoms with E-state index in [-0.39, 0.29) is 11.5 Å². The van der Waals surface area contributed by atoms with Crippen molar-refractivity contribution >= 4 is 0 Å². The second kappa shape index (κ2) is 7.29. The highest BCUT2D eigenvalue weighted by Crippen LogP contribution is 2.26. The first kappa shape index (κ1) is 18.1. The van der Waals surface area contributed by atoms with Crippen LogP contribution in [0.2, 0.25) is 0 Å². The summed E-state index contributed by atoms with van der Waals surface area (Å²) in [4.78, 5) is 14.8. The second-order valence-corrected chi connectivity index (χ2v) is 6.12. The van der Waals surface area contributed by atoms with Gasteiger partial charge in [0, 0.05) is 37.5 Å². The maximum Gasteiger partial charge on any atom is 0.331 e. The monoisotopic (exact) mass is 357 g/mol. The van der Waals surface area contributed by atoms with E-state index >= 15 is 0 Å². The summed E-state index contributed by atoms with van der Waals surface area (Å²) in [5.41, 5.74) is 3.62. The average molecular weight is 357 g/mol. The third-order valence-corrected chi connectivity index (χ3v) is 4.42. The Morgan fingerprint density at radius 2 is 1.88 bits per heavy atom. The van der Waals surface area contributed by atoms with Gasteiger partial charge < -0.3 is 10.3 Å². The van der Waals surface area contributed by atoms with Crippen LogP contribution >= 0.6 is 0 Å². The van der Waals surface area contributed by atoms with Crippen molar-refractivity contribution in [3.05, 3.63) is 63.2 Å². The van der Waals surface area contributed by atoms with Gasteiger partial charge in [-0.15, -0.1) is 0 Å². The molecule has 1 aliphatic heterocycles. The maximum absolute atomic E-state index is 14.0. The molecular weight excluding hydrogens is 333 g/mol. The summed E-state index contributed by atoms with van der Waals surface area (Å²) in [5.74, 6) is 0.492. The van der Waals surface area contributed by atoms with Crippen LogP contribution in [0.1, 0.15) is 36.2 Å². The van der Waals surface area contributed by atoms with Gasteiger partial charge in [-0.3, -0.25) is 4.57 Å². The Kier molecular flexibility index (Phi) is 5.08. The number of hydrogen-bond acceptors (Lipinski definition) is 3. The number of nitrogens with zero attached hydrogens (tertiary/aromatic N) is 3. The van der Waals surface area contributed by atoms with Crippen LogP contribution in [-0.4, -0.2) is 25.9 Å². The van der Waals surface area contributed by atoms with Gasteiger partial charge in [0.05, 0.1) is 11.4 Å². The van der Waals surface area contributed by atoms with E-state index in [0.717, 1.165) is 29.9 Å². The number of imidazole rings is 1. The van der Waals surface area contributed by atoms with Gasteiger partial charge in [-0.1, -0.05) is 13.8 Å². The zero-order valence-electron chi connectivity index (χ0n) is 15.6. The normalized spacial score (nSPS) is 13.1. The summed E-state index contributed by atoms with van der Waals surface area (Å²) in [6, 6.07) is 3.52. The van der Waals surface area contributed by atoms with Crippen molar-refractivity contribution in [2.75, 3.05) is 6.54 Å². The van der Waals surface area contributed by atoms with Crippen LogP contribution in [-0.2, 0) is 13.0 Å². The number of halogens is 1. The minimum Gasteiger partial charge on any atom is -0.312 e. The van der Waals surface area contributed by atoms with E-state index in [1.54, 1.807) is 47.6 Å². The highest BCUT2D eigenvalue weighted by atomic mass is 19.1. The Morgan fingerprint density at radius 1 is 1.19 bits per heavy atom. The zero-order chi connectivity index (χ0) is 18.8. The van der Waals surface area contributed by atoms with Crippen molar-refractivity contribution in [1.82, 2.24) is 24.6 Å². The lowest BCUT2D eigenvalue weighted by molar-refractivity contribution is 0.608. The van der Waals surface area contributed by atoms with E-state index in [0.29, 0.717) is 23.5 Å². The molecule has 2 N–H and O–H groups in total. The van der Waals surface area contributed by atoms with E-state index in [9.17, 15) is 9.18 Å². The summed E-state index contributed by atoms with van der Waals surface area (Å²) >= 11 is 0. The minimum atomic E-state index is -0.222. The number of nitrogens with one attached hydrogen (secondary N) is 2. The smallest absolute Gasteiger partial charge is 0.312 e. The van der Waals surface area contributed by atoms with Crippen LogP contribution in [0.3, 0.4) is 0 Å². The molecule has 0 saturated heterocycles. The fourth-order valence-corrected chi connectivity index (χ4v) is 3.25. The number of H-pyrrole nitrogens is 1. The zero-order valence-corrected chi connectivity index (χ0v) is 15.6. The van der Waals surface area contributed by atoms with Crippen LogP contribution in [0.15, 0.2) is 29.3 Å². The van der Waals surface area contributed by atoms with Crippen molar-refractivity contribution in [3.63, 3.8) is 0 Å². The van der Waals surface area contributed by atoms with Gasteiger partial charge in [-0.2, -0.15) is 5.10 Å². The van der Waals surface area contributed by atoms with E-state index in [2.05, 4.69) is 10.3 Å². The molecule has 0 unspecified atom stereocenters. The SMILES string of the molecule is CC.Cc1cc(-n2nc3c(c2-n2cc[nH]c2=O)CNCC3)cc(C)c1F. The third kappa shape index (κ3) is 2.99. The van der Waals surface area contributed by atoms with Crippen LogP contribution in [0.5, 0.6) is 0 Å². The molecule has 0 atom stereocenters. The summed E-state index contributed by atoms with van der Waals surface area (Å²) in [7, 11) is 0. The second-order valence-electron chi connectivity index (χ2n) is 6.12. The van der Waals surface area contributed by atoms with E-state index in [1.165, 1.54) is 0 Å². The van der Waals surface area contributed by atoms with Gasteiger partial charge in [0.1, 0.15) is 11.6 Å². The first-order chi connectivity index (χ1) is 12.6. The average Bonchev–Trinajstić information content (AvgIpc) is 3.23. The Labute approximate surface area is 151 Å². The number of rotatable bonds is 2. The quantitative estimate of drug-likeness (QED) is 0.741. The molecule has 1 aromatic carbocycles. The molecule has 1 aliphatic rings. The Morgan fingerprint density at radius 3 is 2.50 bits per heavy atom. The molecule has 6 nitrogen and oxygen atoms in total. The molecule has 138 valence electrons. The van der Waals surface area contributed by atoms with Crippen LogP contribution in [0, 0.1) is 19.7 Å². The summed E-state index contributed by atoms with van der Waals surface area (Å²) in [6.45, 7) is 8.98. The molecule has 0 fully saturated rings. The first-order valence-corrected chi connectivity index (χ1v) is 8.91. The highest BCUT2D eigenvalue weighted by Gasteiger charge is 2.24. The van der Waals surface area contributed by atoms with E-state index < -0.39 is 0 Å². The Balaban J connectivity index is 0.000000948. The van der Waals surface area contributed by atoms with Gasteiger partial charge in [0.25, 0.3) is 0 Å². The van der Waals surface area contributed by atoms with Crippen LogP contribution in [0.25, 0.3) is 11.5 Å². The van der Waals surface area contributed by atoms with Crippen LogP contribution in [0.4, 0.5) is 4.39 Å². The standard InChI is InChI=1S/C17H18FN5O.C2H6/c1-10-7-12(8-11(2)15(10)18)23-16(22-6-5-20-17(22)24)13-9-19-4-3-14(13)21-23;1-2/h5-8,19H,3-4,9H2,1-2H3,(H,20,24);1-2H3. The summed E-state index contributed by atoms with van der Waals surface area (Å²) in [6.07, 6.45) is 4.09. The molecule has 0 amide bonds. The maximum atomic E-state index is 14.0. The molecule has 0 bridgehead atoms. The van der Waals surface area contributed by atoms with Crippen molar-refractivity contribution in [2.45, 2.75) is 40.7 Å². The van der Waals surface area contributed by atoms with Gasteiger partial charge in [0.15, 0.2) is 0 Å². The fourth-order valence-electron chi connectivity index (χ4n) is 3.25. The van der Waals surface area contributed by atoms with E-state index in [4.69, 9.17) is 5.10 Å². The Hall–Kier alpha value is -2.67. The number of hydrogen-bond donors (Lipinski definition) is 2. The summed E-state index contributed by atoms with van der Waals surface area (Å²) in [5, 5.41) is 8.03. The number of fused-ring (bicyclic) bond motifs is 1. The topological polar surface area (TPSA) is 67.6 Å². The molecule has 0 saturated carbocycles. The third-order valence-electron chi connectivity index (χ3n) is 4.42. The van der Waals surface area contributed by atoms with Crippen molar-refractivity contribution in [2.24, 2.45) is 0 Å². The van der Waals surface area contributed by atoms with Crippen molar-refractivity contribution in [3.8, 4) is 11.5 Å². The largest absolute Gasteiger partial charge is 0.331 e. The lowest BCUT2D eigenvalue weighted by Crippen LogP contribution is -2.25. The minimum absolute atomic E-state index is 0.210. The van der Waals surface area contributed by atoms with E-state index in [1.807, 2.05) is 13.8 Å². The first-order valence-electron chi connectivity index (χ1n) is 8.91. The fraction of sp³-hybridized carbons (Fsp3) is 0.368. The van der Waals surface area contributed by atoms with Crippen LogP contribution < -0.4 is 11.0 Å². The number of aromatic nitrogens is 4. The van der Waals surface area contributed by atoms with Gasteiger partial charge in [0.2, 0.25) is 0 Å². The molecular formula is C19H24FN5O. The Bertz CT molecular complexity index is 959. The van der Waals surface area contributed by atoms with Gasteiger partial charge >= 0.3 is 5.69 Å². The molecule has 7 heteroatoms. The molecule has 4 rings (SSSR count). The highest BCUT2D eigenvalue weighted by molar-refractivity contribution is 5.49. The number of aryl methyl sites for hydroxylation is 2. The summed E-state index contributed by atoms with van der Waals surface area (Å²) < 4.78 is 17.3. The number of aromatic amines is 1. The van der Waals surface area contributed by atoms with Crippen molar-refractivity contribution in [1.29, 1.82) is 0 Å². The molecule has 3 heterocycles. The van der Waals surface area contributed by atoms with Gasteiger partial charge in [-0.25, -0.2) is 13.9 Å². The molecule has 3 aromatic rings. The predicted octanol–water partition coefficient (Wildman–Crippen LogP) is 2.78. The molecule has 2 aromatic heterocycles. The molecule has 0 spiro atoms. The van der Waals surface area contributed by atoms with Gasteiger partial charge in [-0.05, 0) is 37.1 Å². The van der Waals surface area contributed by atoms with Crippen molar-refractivity contribution < 1.29 is 4.39 Å². The molecule has 0 radical (unpaired) electrons. The lowest BCUT2D eigenvalue weighted by atomic mass is 10.1. The number of benzene rings is 1. The predicted molar refractivity (Wildman–Crippen MR) is 99.7 cm³/mol. The lowest BCUT2D eigenvalue weighted by Gasteiger charge is -2.14. The molecule has 26 heavy (non-hydrogen) atoms.